The largest absolute Gasteiger partial charge is 0.354 e. The van der Waals surface area contributed by atoms with Crippen molar-refractivity contribution in [3.63, 3.8) is 0 Å². The van der Waals surface area contributed by atoms with Crippen molar-refractivity contribution in [2.75, 3.05) is 6.54 Å². The van der Waals surface area contributed by atoms with E-state index in [1.165, 1.54) is 0 Å². The van der Waals surface area contributed by atoms with Crippen LogP contribution in [0, 0.1) is 5.92 Å². The highest BCUT2D eigenvalue weighted by Crippen LogP contribution is 2.22. The molecule has 0 saturated carbocycles. The van der Waals surface area contributed by atoms with Crippen molar-refractivity contribution in [1.82, 2.24) is 4.90 Å². The zero-order chi connectivity index (χ0) is 9.84. The number of nitrogens with zero attached hydrogens (tertiary/aromatic N) is 1. The van der Waals surface area contributed by atoms with Crippen molar-refractivity contribution >= 4 is 12.6 Å². The Balaban J connectivity index is 2.96. The lowest BCUT2D eigenvalue weighted by molar-refractivity contribution is -0.105. The first-order valence-electron chi connectivity index (χ1n) is 4.32. The van der Waals surface area contributed by atoms with Crippen LogP contribution in [0.25, 0.3) is 0 Å². The summed E-state index contributed by atoms with van der Waals surface area (Å²) in [5.74, 6) is -0.0715. The van der Waals surface area contributed by atoms with Crippen LogP contribution in [0.4, 0.5) is 0 Å². The van der Waals surface area contributed by atoms with E-state index < -0.39 is 0 Å². The van der Waals surface area contributed by atoms with Crippen LogP contribution in [0.2, 0.25) is 0 Å². The van der Waals surface area contributed by atoms with E-state index in [4.69, 9.17) is 0 Å². The Labute approximate surface area is 77.7 Å². The van der Waals surface area contributed by atoms with Gasteiger partial charge in [-0.1, -0.05) is 6.92 Å². The molecule has 0 bridgehead atoms. The molecular formula is C10H13NO2. The van der Waals surface area contributed by atoms with Gasteiger partial charge < -0.3 is 4.90 Å². The van der Waals surface area contributed by atoms with Gasteiger partial charge in [0.1, 0.15) is 12.6 Å². The molecule has 0 radical (unpaired) electrons. The van der Waals surface area contributed by atoms with Crippen LogP contribution in [0.1, 0.15) is 13.8 Å². The highest BCUT2D eigenvalue weighted by molar-refractivity contribution is 5.83. The summed E-state index contributed by atoms with van der Waals surface area (Å²) < 4.78 is 0. The van der Waals surface area contributed by atoms with Crippen LogP contribution in [0.5, 0.6) is 0 Å². The molecule has 0 aromatic heterocycles. The van der Waals surface area contributed by atoms with E-state index in [2.05, 4.69) is 0 Å². The molecule has 0 spiro atoms. The fourth-order valence-electron chi connectivity index (χ4n) is 1.28. The Morgan fingerprint density at radius 3 is 2.08 bits per heavy atom. The number of hydrogen-bond donors (Lipinski definition) is 0. The number of aldehydes is 2. The van der Waals surface area contributed by atoms with Gasteiger partial charge in [-0.25, -0.2) is 0 Å². The molecule has 0 aromatic carbocycles. The molecule has 0 atom stereocenters. The normalized spacial score (nSPS) is 17.8. The van der Waals surface area contributed by atoms with Gasteiger partial charge >= 0.3 is 0 Å². The first-order chi connectivity index (χ1) is 6.22. The van der Waals surface area contributed by atoms with Gasteiger partial charge in [0.15, 0.2) is 0 Å². The molecule has 0 saturated heterocycles. The maximum Gasteiger partial charge on any atom is 0.148 e. The molecule has 0 unspecified atom stereocenters. The third-order valence-corrected chi connectivity index (χ3v) is 2.27. The van der Waals surface area contributed by atoms with E-state index in [9.17, 15) is 9.59 Å². The van der Waals surface area contributed by atoms with Crippen LogP contribution >= 0.6 is 0 Å². The summed E-state index contributed by atoms with van der Waals surface area (Å²) in [5, 5.41) is 0. The van der Waals surface area contributed by atoms with Crippen molar-refractivity contribution in [2.45, 2.75) is 13.8 Å². The van der Waals surface area contributed by atoms with Gasteiger partial charge in [-0.3, -0.25) is 9.59 Å². The van der Waals surface area contributed by atoms with Gasteiger partial charge in [-0.15, -0.1) is 0 Å². The fraction of sp³-hybridized carbons (Fsp3) is 0.400. The maximum atomic E-state index is 10.7. The van der Waals surface area contributed by atoms with Crippen molar-refractivity contribution < 1.29 is 9.59 Å². The summed E-state index contributed by atoms with van der Waals surface area (Å²) in [6.45, 7) is 4.59. The van der Waals surface area contributed by atoms with E-state index >= 15 is 0 Å². The SMILES string of the molecule is CCN1C=C(C=O)C(C)C(C=O)=C1. The van der Waals surface area contributed by atoms with Crippen molar-refractivity contribution in [3.8, 4) is 0 Å². The molecule has 70 valence electrons. The second kappa shape index (κ2) is 4.03. The molecule has 0 fully saturated rings. The Bertz CT molecular complexity index is 253. The van der Waals surface area contributed by atoms with Gasteiger partial charge in [-0.05, 0) is 6.92 Å². The summed E-state index contributed by atoms with van der Waals surface area (Å²) in [7, 11) is 0. The molecular weight excluding hydrogens is 166 g/mol. The lowest BCUT2D eigenvalue weighted by Gasteiger charge is -2.24. The van der Waals surface area contributed by atoms with E-state index in [-0.39, 0.29) is 5.92 Å². The topological polar surface area (TPSA) is 37.4 Å². The quantitative estimate of drug-likeness (QED) is 0.609. The molecule has 13 heavy (non-hydrogen) atoms. The average molecular weight is 179 g/mol. The molecule has 1 rings (SSSR count). The van der Waals surface area contributed by atoms with E-state index in [1.54, 1.807) is 12.4 Å². The van der Waals surface area contributed by atoms with Crippen LogP contribution in [0.3, 0.4) is 0 Å². The maximum absolute atomic E-state index is 10.7. The average Bonchev–Trinajstić information content (AvgIpc) is 2.18. The van der Waals surface area contributed by atoms with E-state index in [0.717, 1.165) is 19.1 Å². The molecule has 0 N–H and O–H groups in total. The zero-order valence-electron chi connectivity index (χ0n) is 7.86. The summed E-state index contributed by atoms with van der Waals surface area (Å²) in [4.78, 5) is 23.2. The van der Waals surface area contributed by atoms with Crippen molar-refractivity contribution in [2.24, 2.45) is 5.92 Å². The summed E-state index contributed by atoms with van der Waals surface area (Å²) in [6, 6.07) is 0. The molecule has 1 aliphatic rings. The lowest BCUT2D eigenvalue weighted by atomic mass is 9.93. The standard InChI is InChI=1S/C10H13NO2/c1-3-11-4-9(6-12)8(2)10(5-11)7-13/h4-8H,3H2,1-2H3. The molecule has 3 heteroatoms. The first-order valence-corrected chi connectivity index (χ1v) is 4.32. The zero-order valence-corrected chi connectivity index (χ0v) is 7.86. The van der Waals surface area contributed by atoms with Crippen molar-refractivity contribution in [1.29, 1.82) is 0 Å². The summed E-state index contributed by atoms with van der Waals surface area (Å²) in [5.41, 5.74) is 1.32. The minimum Gasteiger partial charge on any atom is -0.354 e. The van der Waals surface area contributed by atoms with E-state index in [0.29, 0.717) is 11.1 Å². The monoisotopic (exact) mass is 179 g/mol. The Morgan fingerprint density at radius 2 is 1.77 bits per heavy atom. The molecule has 3 nitrogen and oxygen atoms in total. The van der Waals surface area contributed by atoms with Crippen LogP contribution in [0.15, 0.2) is 23.5 Å². The van der Waals surface area contributed by atoms with Crippen LogP contribution < -0.4 is 0 Å². The fourth-order valence-corrected chi connectivity index (χ4v) is 1.28. The number of carbonyl (C=O) groups excluding carboxylic acids is 2. The summed E-state index contributed by atoms with van der Waals surface area (Å²) in [6.07, 6.45) is 5.18. The Hall–Kier alpha value is -1.38. The number of allylic oxidation sites excluding steroid dienone is 2. The Morgan fingerprint density at radius 1 is 1.31 bits per heavy atom. The predicted molar refractivity (Wildman–Crippen MR) is 49.8 cm³/mol. The highest BCUT2D eigenvalue weighted by atomic mass is 16.1. The second-order valence-electron chi connectivity index (χ2n) is 3.05. The van der Waals surface area contributed by atoms with Crippen LogP contribution in [-0.2, 0) is 9.59 Å². The number of hydrogen-bond acceptors (Lipinski definition) is 3. The van der Waals surface area contributed by atoms with Crippen LogP contribution in [-0.4, -0.2) is 24.0 Å². The molecule has 1 heterocycles. The van der Waals surface area contributed by atoms with Gasteiger partial charge in [0, 0.05) is 36.0 Å². The smallest absolute Gasteiger partial charge is 0.148 e. The van der Waals surface area contributed by atoms with Gasteiger partial charge in [0.05, 0.1) is 0 Å². The molecule has 0 amide bonds. The predicted octanol–water partition coefficient (Wildman–Crippen LogP) is 1.12. The third-order valence-electron chi connectivity index (χ3n) is 2.27. The minimum atomic E-state index is -0.0715. The summed E-state index contributed by atoms with van der Waals surface area (Å²) >= 11 is 0. The first kappa shape index (κ1) is 9.71. The molecule has 1 aliphatic heterocycles. The third kappa shape index (κ3) is 1.86. The van der Waals surface area contributed by atoms with E-state index in [1.807, 2.05) is 18.7 Å². The van der Waals surface area contributed by atoms with Gasteiger partial charge in [-0.2, -0.15) is 0 Å². The molecule has 0 aromatic rings. The van der Waals surface area contributed by atoms with Gasteiger partial charge in [0.25, 0.3) is 0 Å². The lowest BCUT2D eigenvalue weighted by Crippen LogP contribution is -2.21. The minimum absolute atomic E-state index is 0.0715. The van der Waals surface area contributed by atoms with Gasteiger partial charge in [0.2, 0.25) is 0 Å². The highest BCUT2D eigenvalue weighted by Gasteiger charge is 2.18. The number of rotatable bonds is 3. The molecule has 0 aliphatic carbocycles. The van der Waals surface area contributed by atoms with Crippen molar-refractivity contribution in [3.05, 3.63) is 23.5 Å². The second-order valence-corrected chi connectivity index (χ2v) is 3.05. The Kier molecular flexibility index (Phi) is 3.01. The number of carbonyl (C=O) groups is 2.